The summed E-state index contributed by atoms with van der Waals surface area (Å²) >= 11 is 0. The van der Waals surface area contributed by atoms with Crippen LogP contribution in [0.5, 0.6) is 5.75 Å². The van der Waals surface area contributed by atoms with Crippen molar-refractivity contribution < 1.29 is 14.2 Å². The molecule has 0 saturated carbocycles. The first-order chi connectivity index (χ1) is 10.2. The van der Waals surface area contributed by atoms with Gasteiger partial charge in [-0.2, -0.15) is 0 Å². The molecule has 1 aromatic rings. The third-order valence-electron chi connectivity index (χ3n) is 3.17. The summed E-state index contributed by atoms with van der Waals surface area (Å²) in [5, 5.41) is 3.30. The largest absolute Gasteiger partial charge is 0.491 e. The van der Waals surface area contributed by atoms with Crippen LogP contribution in [0.25, 0.3) is 0 Å². The van der Waals surface area contributed by atoms with Gasteiger partial charge in [-0.25, -0.2) is 0 Å². The molecule has 0 fully saturated rings. The van der Waals surface area contributed by atoms with E-state index in [9.17, 15) is 0 Å². The van der Waals surface area contributed by atoms with Crippen molar-refractivity contribution in [2.45, 2.75) is 26.2 Å². The van der Waals surface area contributed by atoms with Gasteiger partial charge < -0.3 is 19.5 Å². The molecule has 21 heavy (non-hydrogen) atoms. The fourth-order valence-corrected chi connectivity index (χ4v) is 1.88. The molecular weight excluding hydrogens is 266 g/mol. The lowest BCUT2D eigenvalue weighted by Crippen LogP contribution is -2.22. The molecule has 0 aromatic heterocycles. The predicted octanol–water partition coefficient (Wildman–Crippen LogP) is 2.83. The maximum Gasteiger partial charge on any atom is 0.119 e. The summed E-state index contributed by atoms with van der Waals surface area (Å²) in [5.41, 5.74) is 1.33. The Labute approximate surface area is 128 Å². The average Bonchev–Trinajstić information content (AvgIpc) is 2.49. The zero-order chi connectivity index (χ0) is 15.3. The maximum atomic E-state index is 5.64. The van der Waals surface area contributed by atoms with Gasteiger partial charge in [0.25, 0.3) is 0 Å². The first-order valence-electron chi connectivity index (χ1n) is 7.74. The fraction of sp³-hybridized carbons (Fsp3) is 0.647. The normalized spacial score (nSPS) is 11.0. The zero-order valence-corrected chi connectivity index (χ0v) is 13.6. The molecule has 0 heterocycles. The molecule has 1 rings (SSSR count). The van der Waals surface area contributed by atoms with Crippen LogP contribution in [0.2, 0.25) is 0 Å². The van der Waals surface area contributed by atoms with Crippen molar-refractivity contribution in [2.75, 3.05) is 46.6 Å². The lowest BCUT2D eigenvalue weighted by atomic mass is 10.0. The molecule has 0 bridgehead atoms. The summed E-state index contributed by atoms with van der Waals surface area (Å²) in [7, 11) is 1.72. The first-order valence-corrected chi connectivity index (χ1v) is 7.74. The highest BCUT2D eigenvalue weighted by molar-refractivity contribution is 5.28. The molecule has 0 amide bonds. The topological polar surface area (TPSA) is 39.7 Å². The lowest BCUT2D eigenvalue weighted by molar-refractivity contribution is 0.101. The summed E-state index contributed by atoms with van der Waals surface area (Å²) in [6.07, 6.45) is 1.03. The number of methoxy groups -OCH3 is 1. The van der Waals surface area contributed by atoms with Gasteiger partial charge in [-0.15, -0.1) is 0 Å². The molecule has 0 aliphatic rings. The Morgan fingerprint density at radius 1 is 0.952 bits per heavy atom. The van der Waals surface area contributed by atoms with E-state index in [1.807, 2.05) is 12.1 Å². The van der Waals surface area contributed by atoms with Gasteiger partial charge in [0.1, 0.15) is 12.4 Å². The molecule has 1 N–H and O–H groups in total. The van der Waals surface area contributed by atoms with Gasteiger partial charge in [0.15, 0.2) is 0 Å². The Morgan fingerprint density at radius 2 is 1.71 bits per heavy atom. The molecule has 0 spiro atoms. The zero-order valence-electron chi connectivity index (χ0n) is 13.6. The Hall–Kier alpha value is -1.10. The van der Waals surface area contributed by atoms with Crippen LogP contribution in [0.4, 0.5) is 0 Å². The molecule has 0 unspecified atom stereocenters. The monoisotopic (exact) mass is 295 g/mol. The van der Waals surface area contributed by atoms with Crippen molar-refractivity contribution in [3.8, 4) is 5.75 Å². The number of rotatable bonds is 12. The van der Waals surface area contributed by atoms with Gasteiger partial charge in [0.2, 0.25) is 0 Å². The predicted molar refractivity (Wildman–Crippen MR) is 86.2 cm³/mol. The number of hydrogen-bond donors (Lipinski definition) is 1. The molecule has 4 nitrogen and oxygen atoms in total. The number of nitrogens with one attached hydrogen (secondary N) is 1. The van der Waals surface area contributed by atoms with Crippen LogP contribution in [-0.4, -0.2) is 46.6 Å². The Balaban J connectivity index is 1.96. The SMILES string of the molecule is COCCCNCCOCCOc1ccc(C(C)C)cc1. The van der Waals surface area contributed by atoms with Crippen LogP contribution >= 0.6 is 0 Å². The van der Waals surface area contributed by atoms with E-state index in [1.165, 1.54) is 5.56 Å². The second kappa shape index (κ2) is 11.5. The molecule has 0 radical (unpaired) electrons. The van der Waals surface area contributed by atoms with Crippen LogP contribution in [0.1, 0.15) is 31.7 Å². The molecule has 120 valence electrons. The third-order valence-corrected chi connectivity index (χ3v) is 3.17. The molecule has 1 aromatic carbocycles. The fourth-order valence-electron chi connectivity index (χ4n) is 1.88. The first kappa shape index (κ1) is 18.0. The third kappa shape index (κ3) is 8.71. The molecule has 0 atom stereocenters. The molecule has 0 aliphatic carbocycles. The van der Waals surface area contributed by atoms with E-state index in [4.69, 9.17) is 14.2 Å². The van der Waals surface area contributed by atoms with Crippen molar-refractivity contribution in [1.82, 2.24) is 5.32 Å². The maximum absolute atomic E-state index is 5.64. The van der Waals surface area contributed by atoms with Crippen LogP contribution in [0.3, 0.4) is 0 Å². The van der Waals surface area contributed by atoms with Crippen LogP contribution in [0.15, 0.2) is 24.3 Å². The number of hydrogen-bond acceptors (Lipinski definition) is 4. The van der Waals surface area contributed by atoms with Gasteiger partial charge >= 0.3 is 0 Å². The van der Waals surface area contributed by atoms with Crippen molar-refractivity contribution in [3.05, 3.63) is 29.8 Å². The summed E-state index contributed by atoms with van der Waals surface area (Å²) < 4.78 is 16.1. The van der Waals surface area contributed by atoms with E-state index < -0.39 is 0 Å². The standard InChI is InChI=1S/C17H29NO3/c1-15(2)16-5-7-17(8-6-16)21-14-13-20-12-10-18-9-4-11-19-3/h5-8,15,18H,4,9-14H2,1-3H3. The highest BCUT2D eigenvalue weighted by Gasteiger charge is 1.99. The minimum atomic E-state index is 0.554. The van der Waals surface area contributed by atoms with Gasteiger partial charge in [-0.3, -0.25) is 0 Å². The van der Waals surface area contributed by atoms with Crippen LogP contribution < -0.4 is 10.1 Å². The Morgan fingerprint density at radius 3 is 2.38 bits per heavy atom. The smallest absolute Gasteiger partial charge is 0.119 e. The summed E-state index contributed by atoms with van der Waals surface area (Å²) in [4.78, 5) is 0. The van der Waals surface area contributed by atoms with E-state index in [-0.39, 0.29) is 0 Å². The molecule has 0 aliphatic heterocycles. The quantitative estimate of drug-likeness (QED) is 0.602. The minimum absolute atomic E-state index is 0.554. The Bertz CT molecular complexity index is 352. The van der Waals surface area contributed by atoms with E-state index in [1.54, 1.807) is 7.11 Å². The van der Waals surface area contributed by atoms with Crippen molar-refractivity contribution in [3.63, 3.8) is 0 Å². The van der Waals surface area contributed by atoms with E-state index in [2.05, 4.69) is 31.3 Å². The minimum Gasteiger partial charge on any atom is -0.491 e. The average molecular weight is 295 g/mol. The highest BCUT2D eigenvalue weighted by atomic mass is 16.5. The van der Waals surface area contributed by atoms with Gasteiger partial charge in [0.05, 0.1) is 13.2 Å². The highest BCUT2D eigenvalue weighted by Crippen LogP contribution is 2.18. The van der Waals surface area contributed by atoms with Crippen LogP contribution in [0, 0.1) is 0 Å². The summed E-state index contributed by atoms with van der Waals surface area (Å²) in [5.74, 6) is 1.46. The molecular formula is C17H29NO3. The van der Waals surface area contributed by atoms with Gasteiger partial charge in [-0.1, -0.05) is 26.0 Å². The number of benzene rings is 1. The van der Waals surface area contributed by atoms with E-state index >= 15 is 0 Å². The van der Waals surface area contributed by atoms with E-state index in [0.29, 0.717) is 25.7 Å². The Kier molecular flexibility index (Phi) is 9.87. The second-order valence-electron chi connectivity index (χ2n) is 5.28. The van der Waals surface area contributed by atoms with E-state index in [0.717, 1.165) is 31.9 Å². The van der Waals surface area contributed by atoms with Gasteiger partial charge in [0, 0.05) is 20.3 Å². The summed E-state index contributed by atoms with van der Waals surface area (Å²) in [6.45, 7) is 8.93. The van der Waals surface area contributed by atoms with Crippen molar-refractivity contribution >= 4 is 0 Å². The molecule has 4 heteroatoms. The summed E-state index contributed by atoms with van der Waals surface area (Å²) in [6, 6.07) is 8.27. The second-order valence-corrected chi connectivity index (χ2v) is 5.28. The van der Waals surface area contributed by atoms with Crippen molar-refractivity contribution in [2.24, 2.45) is 0 Å². The molecule has 0 saturated heterocycles. The van der Waals surface area contributed by atoms with Crippen LogP contribution in [-0.2, 0) is 9.47 Å². The number of ether oxygens (including phenoxy) is 3. The lowest BCUT2D eigenvalue weighted by Gasteiger charge is -2.09. The van der Waals surface area contributed by atoms with Crippen molar-refractivity contribution in [1.29, 1.82) is 0 Å². The van der Waals surface area contributed by atoms with Gasteiger partial charge in [-0.05, 0) is 36.6 Å².